The topological polar surface area (TPSA) is 60.9 Å². The molecule has 1 unspecified atom stereocenters. The molecule has 0 radical (unpaired) electrons. The van der Waals surface area contributed by atoms with Crippen molar-refractivity contribution in [3.8, 4) is 0 Å². The number of halogens is 3. The lowest BCUT2D eigenvalue weighted by molar-refractivity contribution is -0.139. The molecule has 0 bridgehead atoms. The predicted molar refractivity (Wildman–Crippen MR) is 115 cm³/mol. The van der Waals surface area contributed by atoms with Crippen molar-refractivity contribution in [2.45, 2.75) is 12.5 Å². The molecular weight excluding hydrogens is 430 g/mol. The summed E-state index contributed by atoms with van der Waals surface area (Å²) in [6.07, 6.45) is 0.633. The Bertz CT molecular complexity index is 1010. The highest BCUT2D eigenvalue weighted by Gasteiger charge is 2.45. The Morgan fingerprint density at radius 1 is 1.10 bits per heavy atom. The van der Waals surface area contributed by atoms with Crippen LogP contribution in [0.15, 0.2) is 48.0 Å². The number of amides is 1. The van der Waals surface area contributed by atoms with E-state index >= 15 is 0 Å². The Labute approximate surface area is 184 Å². The van der Waals surface area contributed by atoms with Crippen molar-refractivity contribution < 1.29 is 19.1 Å². The van der Waals surface area contributed by atoms with Crippen LogP contribution in [-0.2, 0) is 9.59 Å². The zero-order valence-corrected chi connectivity index (χ0v) is 18.0. The predicted octanol–water partition coefficient (Wildman–Crippen LogP) is 4.51. The number of rotatable bonds is 6. The number of hydrogen-bond acceptors (Lipinski definition) is 4. The molecule has 0 spiro atoms. The molecule has 1 aliphatic rings. The van der Waals surface area contributed by atoms with Crippen molar-refractivity contribution in [2.24, 2.45) is 0 Å². The van der Waals surface area contributed by atoms with Gasteiger partial charge < -0.3 is 14.9 Å². The average molecular weight is 451 g/mol. The second-order valence-electron chi connectivity index (χ2n) is 7.33. The van der Waals surface area contributed by atoms with E-state index in [1.165, 1.54) is 29.2 Å². The van der Waals surface area contributed by atoms with Crippen LogP contribution in [0.5, 0.6) is 0 Å². The molecule has 0 aromatic heterocycles. The number of benzene rings is 2. The van der Waals surface area contributed by atoms with Gasteiger partial charge in [-0.1, -0.05) is 29.3 Å². The molecule has 2 aromatic carbocycles. The van der Waals surface area contributed by atoms with E-state index in [0.29, 0.717) is 23.6 Å². The second-order valence-corrected chi connectivity index (χ2v) is 8.14. The van der Waals surface area contributed by atoms with Crippen LogP contribution in [0.25, 0.3) is 5.76 Å². The number of carbonyl (C=O) groups is 2. The molecule has 1 atom stereocenters. The van der Waals surface area contributed by atoms with Crippen LogP contribution in [0.1, 0.15) is 23.6 Å². The van der Waals surface area contributed by atoms with E-state index in [2.05, 4.69) is 0 Å². The van der Waals surface area contributed by atoms with Crippen molar-refractivity contribution in [2.75, 3.05) is 27.2 Å². The zero-order valence-electron chi connectivity index (χ0n) is 16.5. The van der Waals surface area contributed by atoms with Gasteiger partial charge in [0.25, 0.3) is 11.7 Å². The molecule has 1 fully saturated rings. The van der Waals surface area contributed by atoms with Crippen LogP contribution in [0.3, 0.4) is 0 Å². The van der Waals surface area contributed by atoms with Gasteiger partial charge in [0.1, 0.15) is 11.6 Å². The number of hydrogen-bond donors (Lipinski definition) is 1. The summed E-state index contributed by atoms with van der Waals surface area (Å²) < 4.78 is 13.3. The minimum absolute atomic E-state index is 0.0603. The summed E-state index contributed by atoms with van der Waals surface area (Å²) in [5, 5.41) is 11.5. The molecule has 30 heavy (non-hydrogen) atoms. The minimum Gasteiger partial charge on any atom is -0.507 e. The van der Waals surface area contributed by atoms with E-state index in [9.17, 15) is 19.1 Å². The van der Waals surface area contributed by atoms with E-state index < -0.39 is 23.5 Å². The first-order valence-corrected chi connectivity index (χ1v) is 10.1. The van der Waals surface area contributed by atoms with Crippen LogP contribution in [0.4, 0.5) is 4.39 Å². The van der Waals surface area contributed by atoms with Gasteiger partial charge in [0.2, 0.25) is 0 Å². The first-order chi connectivity index (χ1) is 14.2. The third-order valence-corrected chi connectivity index (χ3v) is 5.66. The zero-order chi connectivity index (χ0) is 22.0. The highest BCUT2D eigenvalue weighted by Crippen LogP contribution is 2.41. The second kappa shape index (κ2) is 9.16. The van der Waals surface area contributed by atoms with E-state index in [-0.39, 0.29) is 21.9 Å². The smallest absolute Gasteiger partial charge is 0.295 e. The molecule has 0 saturated carbocycles. The summed E-state index contributed by atoms with van der Waals surface area (Å²) >= 11 is 12.2. The summed E-state index contributed by atoms with van der Waals surface area (Å²) in [6.45, 7) is 1.03. The van der Waals surface area contributed by atoms with E-state index in [1.54, 1.807) is 18.2 Å². The number of Topliss-reactive ketones (excluding diaryl/α,β-unsaturated/α-hetero) is 1. The highest BCUT2D eigenvalue weighted by molar-refractivity contribution is 6.46. The Balaban J connectivity index is 2.11. The van der Waals surface area contributed by atoms with E-state index in [1.807, 2.05) is 19.0 Å². The lowest BCUT2D eigenvalue weighted by atomic mass is 9.95. The third kappa shape index (κ3) is 4.51. The monoisotopic (exact) mass is 450 g/mol. The SMILES string of the molecule is CN(C)CCCN1C(=O)C(=O)/C(=C(/O)c2ccc(F)cc2)C1c1ccc(Cl)c(Cl)c1. The van der Waals surface area contributed by atoms with Crippen LogP contribution in [-0.4, -0.2) is 53.8 Å². The molecule has 1 heterocycles. The summed E-state index contributed by atoms with van der Waals surface area (Å²) in [4.78, 5) is 29.1. The number of aliphatic hydroxyl groups is 1. The normalized spacial score (nSPS) is 18.5. The number of ketones is 1. The van der Waals surface area contributed by atoms with Gasteiger partial charge in [0.15, 0.2) is 0 Å². The van der Waals surface area contributed by atoms with Crippen LogP contribution >= 0.6 is 23.2 Å². The molecule has 5 nitrogen and oxygen atoms in total. The fourth-order valence-electron chi connectivity index (χ4n) is 3.46. The molecule has 1 amide bonds. The molecule has 1 N–H and O–H groups in total. The lowest BCUT2D eigenvalue weighted by Gasteiger charge is -2.26. The molecule has 1 saturated heterocycles. The van der Waals surface area contributed by atoms with Gasteiger partial charge in [-0.2, -0.15) is 0 Å². The number of nitrogens with zero attached hydrogens (tertiary/aromatic N) is 2. The fourth-order valence-corrected chi connectivity index (χ4v) is 3.77. The Kier molecular flexibility index (Phi) is 6.81. The van der Waals surface area contributed by atoms with E-state index in [4.69, 9.17) is 23.2 Å². The van der Waals surface area contributed by atoms with Crippen molar-refractivity contribution in [3.05, 3.63) is 75.0 Å². The van der Waals surface area contributed by atoms with Crippen LogP contribution < -0.4 is 0 Å². The summed E-state index contributed by atoms with van der Waals surface area (Å²) in [7, 11) is 3.83. The molecular formula is C22H21Cl2FN2O3. The third-order valence-electron chi connectivity index (χ3n) is 4.92. The number of carbonyl (C=O) groups excluding carboxylic acids is 2. The number of aliphatic hydroxyl groups excluding tert-OH is 1. The van der Waals surface area contributed by atoms with Gasteiger partial charge in [-0.25, -0.2) is 4.39 Å². The lowest BCUT2D eigenvalue weighted by Crippen LogP contribution is -2.32. The Morgan fingerprint density at radius 3 is 2.37 bits per heavy atom. The minimum atomic E-state index is -0.827. The van der Waals surface area contributed by atoms with Crippen molar-refractivity contribution >= 4 is 40.7 Å². The van der Waals surface area contributed by atoms with Gasteiger partial charge in [-0.3, -0.25) is 9.59 Å². The maximum Gasteiger partial charge on any atom is 0.295 e. The van der Waals surface area contributed by atoms with E-state index in [0.717, 1.165) is 6.54 Å². The van der Waals surface area contributed by atoms with Gasteiger partial charge in [0.05, 0.1) is 21.7 Å². The summed E-state index contributed by atoms with van der Waals surface area (Å²) in [6, 6.07) is 9.07. The van der Waals surface area contributed by atoms with Crippen molar-refractivity contribution in [1.82, 2.24) is 9.80 Å². The van der Waals surface area contributed by atoms with Gasteiger partial charge in [-0.05, 0) is 69.0 Å². The Hall–Kier alpha value is -2.41. The quantitative estimate of drug-likeness (QED) is 0.399. The van der Waals surface area contributed by atoms with Crippen LogP contribution in [0, 0.1) is 5.82 Å². The molecule has 0 aliphatic carbocycles. The average Bonchev–Trinajstić information content (AvgIpc) is 2.95. The van der Waals surface area contributed by atoms with Crippen molar-refractivity contribution in [3.63, 3.8) is 0 Å². The molecule has 2 aromatic rings. The standard InChI is InChI=1S/C22H21Cl2FN2O3/c1-26(2)10-3-11-27-19(14-6-9-16(23)17(24)12-14)18(21(29)22(27)30)20(28)13-4-7-15(25)8-5-13/h4-9,12,19,28H,3,10-11H2,1-2H3/b20-18+. The summed E-state index contributed by atoms with van der Waals surface area (Å²) in [5.74, 6) is -2.33. The van der Waals surface area contributed by atoms with Gasteiger partial charge in [0, 0.05) is 12.1 Å². The Morgan fingerprint density at radius 2 is 1.77 bits per heavy atom. The number of likely N-dealkylation sites (tertiary alicyclic amines) is 1. The maximum absolute atomic E-state index is 13.3. The van der Waals surface area contributed by atoms with Gasteiger partial charge in [-0.15, -0.1) is 0 Å². The van der Waals surface area contributed by atoms with Crippen LogP contribution in [0.2, 0.25) is 10.0 Å². The largest absolute Gasteiger partial charge is 0.507 e. The first-order valence-electron chi connectivity index (χ1n) is 9.34. The molecule has 3 rings (SSSR count). The molecule has 158 valence electrons. The fraction of sp³-hybridized carbons (Fsp3) is 0.273. The highest BCUT2D eigenvalue weighted by atomic mass is 35.5. The maximum atomic E-state index is 13.3. The summed E-state index contributed by atoms with van der Waals surface area (Å²) in [5.41, 5.74) is 0.736. The van der Waals surface area contributed by atoms with Gasteiger partial charge >= 0.3 is 0 Å². The van der Waals surface area contributed by atoms with Crippen molar-refractivity contribution in [1.29, 1.82) is 0 Å². The molecule has 1 aliphatic heterocycles. The first kappa shape index (κ1) is 22.3. The molecule has 8 heteroatoms.